The van der Waals surface area contributed by atoms with E-state index >= 15 is 0 Å². The lowest BCUT2D eigenvalue weighted by molar-refractivity contribution is -0.181. The van der Waals surface area contributed by atoms with E-state index in [4.69, 9.17) is 9.47 Å². The molecule has 1 N–H and O–H groups in total. The van der Waals surface area contributed by atoms with Gasteiger partial charge in [-0.3, -0.25) is 0 Å². The Labute approximate surface area is 135 Å². The van der Waals surface area contributed by atoms with Crippen LogP contribution in [-0.2, 0) is 19.6 Å². The molecule has 1 saturated heterocycles. The van der Waals surface area contributed by atoms with E-state index in [9.17, 15) is 18.3 Å². The van der Waals surface area contributed by atoms with Crippen LogP contribution in [0.4, 0.5) is 0 Å². The maximum atomic E-state index is 12.8. The first kappa shape index (κ1) is 17.7. The number of carbonyl (C=O) groups is 1. The monoisotopic (exact) mass is 343 g/mol. The molecule has 0 saturated carbocycles. The molecule has 1 aliphatic rings. The standard InChI is InChI=1S/C15H21NO6S/c1-4-21-12-7-6-11(3)8-13(12)23(19,20)16-9-15(10-16,14(17)18)22-5-2/h6-8H,4-5,9-10H2,1-3H3,(H,17,18). The summed E-state index contributed by atoms with van der Waals surface area (Å²) in [5, 5.41) is 9.28. The predicted octanol–water partition coefficient (Wildman–Crippen LogP) is 1.26. The normalized spacial score (nSPS) is 17.5. The second-order valence-electron chi connectivity index (χ2n) is 5.39. The summed E-state index contributed by atoms with van der Waals surface area (Å²) in [5.41, 5.74) is -0.681. The van der Waals surface area contributed by atoms with Crippen LogP contribution in [0.25, 0.3) is 0 Å². The van der Waals surface area contributed by atoms with Crippen molar-refractivity contribution in [2.45, 2.75) is 31.3 Å². The molecule has 128 valence electrons. The summed E-state index contributed by atoms with van der Waals surface area (Å²) in [6, 6.07) is 4.90. The van der Waals surface area contributed by atoms with Gasteiger partial charge >= 0.3 is 5.97 Å². The highest BCUT2D eigenvalue weighted by atomic mass is 32.2. The lowest BCUT2D eigenvalue weighted by Gasteiger charge is -2.45. The Kier molecular flexibility index (Phi) is 4.98. The largest absolute Gasteiger partial charge is 0.492 e. The summed E-state index contributed by atoms with van der Waals surface area (Å²) in [7, 11) is -3.84. The Balaban J connectivity index is 2.31. The van der Waals surface area contributed by atoms with Gasteiger partial charge < -0.3 is 14.6 Å². The van der Waals surface area contributed by atoms with Gasteiger partial charge in [0.05, 0.1) is 19.7 Å². The molecular weight excluding hydrogens is 322 g/mol. The molecule has 1 aliphatic heterocycles. The van der Waals surface area contributed by atoms with Crippen molar-refractivity contribution < 1.29 is 27.8 Å². The third-order valence-electron chi connectivity index (χ3n) is 3.69. The Bertz CT molecular complexity index is 694. The Morgan fingerprint density at radius 2 is 1.96 bits per heavy atom. The first-order valence-corrected chi connectivity index (χ1v) is 8.82. The number of sulfonamides is 1. The van der Waals surface area contributed by atoms with Crippen LogP contribution in [0.5, 0.6) is 5.75 Å². The number of benzene rings is 1. The third kappa shape index (κ3) is 3.19. The minimum Gasteiger partial charge on any atom is -0.492 e. The molecule has 23 heavy (non-hydrogen) atoms. The van der Waals surface area contributed by atoms with Crippen molar-refractivity contribution in [3.63, 3.8) is 0 Å². The minimum absolute atomic E-state index is 0.0508. The molecule has 0 radical (unpaired) electrons. The van der Waals surface area contributed by atoms with E-state index in [2.05, 4.69) is 0 Å². The van der Waals surface area contributed by atoms with Gasteiger partial charge in [-0.15, -0.1) is 0 Å². The molecule has 0 atom stereocenters. The number of aryl methyl sites for hydroxylation is 1. The number of carboxylic acid groups (broad SMARTS) is 1. The number of aliphatic carboxylic acids is 1. The SMILES string of the molecule is CCOc1ccc(C)cc1S(=O)(=O)N1CC(OCC)(C(=O)O)C1. The van der Waals surface area contributed by atoms with E-state index < -0.39 is 21.6 Å². The summed E-state index contributed by atoms with van der Waals surface area (Å²) in [4.78, 5) is 11.4. The maximum absolute atomic E-state index is 12.8. The van der Waals surface area contributed by atoms with Gasteiger partial charge in [0, 0.05) is 6.61 Å². The molecule has 8 heteroatoms. The highest BCUT2D eigenvalue weighted by Gasteiger charge is 2.55. The summed E-state index contributed by atoms with van der Waals surface area (Å²) in [5.74, 6) is -0.887. The second-order valence-corrected chi connectivity index (χ2v) is 7.30. The van der Waals surface area contributed by atoms with Crippen LogP contribution in [0.1, 0.15) is 19.4 Å². The maximum Gasteiger partial charge on any atom is 0.338 e. The number of hydrogen-bond acceptors (Lipinski definition) is 5. The molecule has 1 aromatic rings. The molecule has 0 amide bonds. The molecule has 1 aromatic carbocycles. The molecule has 0 aromatic heterocycles. The van der Waals surface area contributed by atoms with Crippen molar-refractivity contribution in [3.05, 3.63) is 23.8 Å². The van der Waals surface area contributed by atoms with Crippen molar-refractivity contribution >= 4 is 16.0 Å². The van der Waals surface area contributed by atoms with Crippen LogP contribution in [0.3, 0.4) is 0 Å². The zero-order valence-electron chi connectivity index (χ0n) is 13.4. The minimum atomic E-state index is -3.84. The van der Waals surface area contributed by atoms with E-state index in [0.29, 0.717) is 6.61 Å². The first-order chi connectivity index (χ1) is 10.8. The number of hydrogen-bond donors (Lipinski definition) is 1. The zero-order chi connectivity index (χ0) is 17.3. The van der Waals surface area contributed by atoms with Crippen LogP contribution in [-0.4, -0.2) is 55.7 Å². The second kappa shape index (κ2) is 6.46. The Hall–Kier alpha value is -1.64. The van der Waals surface area contributed by atoms with Crippen molar-refractivity contribution in [1.82, 2.24) is 4.31 Å². The molecule has 1 fully saturated rings. The number of nitrogens with zero attached hydrogens (tertiary/aromatic N) is 1. The molecule has 7 nitrogen and oxygen atoms in total. The van der Waals surface area contributed by atoms with E-state index in [-0.39, 0.29) is 30.3 Å². The molecule has 2 rings (SSSR count). The summed E-state index contributed by atoms with van der Waals surface area (Å²) in [6.07, 6.45) is 0. The summed E-state index contributed by atoms with van der Waals surface area (Å²) < 4.78 is 37.3. The van der Waals surface area contributed by atoms with Gasteiger partial charge in [-0.1, -0.05) is 6.07 Å². The summed E-state index contributed by atoms with van der Waals surface area (Å²) >= 11 is 0. The van der Waals surface area contributed by atoms with Crippen LogP contribution in [0.15, 0.2) is 23.1 Å². The lowest BCUT2D eigenvalue weighted by Crippen LogP contribution is -2.68. The molecule has 0 aliphatic carbocycles. The smallest absolute Gasteiger partial charge is 0.338 e. The van der Waals surface area contributed by atoms with Crippen LogP contribution >= 0.6 is 0 Å². The van der Waals surface area contributed by atoms with E-state index in [1.807, 2.05) is 0 Å². The fourth-order valence-electron chi connectivity index (χ4n) is 2.49. The highest BCUT2D eigenvalue weighted by molar-refractivity contribution is 7.89. The van der Waals surface area contributed by atoms with Gasteiger partial charge in [0.2, 0.25) is 10.0 Å². The van der Waals surface area contributed by atoms with Gasteiger partial charge in [-0.2, -0.15) is 4.31 Å². The molecule has 1 heterocycles. The fraction of sp³-hybridized carbons (Fsp3) is 0.533. The topological polar surface area (TPSA) is 93.1 Å². The predicted molar refractivity (Wildman–Crippen MR) is 83.1 cm³/mol. The Morgan fingerprint density at radius 1 is 1.30 bits per heavy atom. The van der Waals surface area contributed by atoms with E-state index in [1.165, 1.54) is 6.07 Å². The number of ether oxygens (including phenoxy) is 2. The van der Waals surface area contributed by atoms with Gasteiger partial charge in [0.15, 0.2) is 5.60 Å². The lowest BCUT2D eigenvalue weighted by atomic mass is 9.97. The Morgan fingerprint density at radius 3 is 2.48 bits per heavy atom. The van der Waals surface area contributed by atoms with Gasteiger partial charge in [0.25, 0.3) is 0 Å². The fourth-order valence-corrected chi connectivity index (χ4v) is 4.24. The first-order valence-electron chi connectivity index (χ1n) is 7.38. The molecule has 0 unspecified atom stereocenters. The van der Waals surface area contributed by atoms with Gasteiger partial charge in [-0.05, 0) is 38.5 Å². The van der Waals surface area contributed by atoms with Crippen molar-refractivity contribution in [2.75, 3.05) is 26.3 Å². The van der Waals surface area contributed by atoms with E-state index in [1.54, 1.807) is 32.9 Å². The molecule has 0 bridgehead atoms. The number of carboxylic acids is 1. The van der Waals surface area contributed by atoms with E-state index in [0.717, 1.165) is 9.87 Å². The van der Waals surface area contributed by atoms with Crippen molar-refractivity contribution in [1.29, 1.82) is 0 Å². The third-order valence-corrected chi connectivity index (χ3v) is 5.50. The average Bonchev–Trinajstić information content (AvgIpc) is 2.43. The van der Waals surface area contributed by atoms with Crippen molar-refractivity contribution in [2.24, 2.45) is 0 Å². The van der Waals surface area contributed by atoms with Crippen LogP contribution in [0.2, 0.25) is 0 Å². The number of rotatable bonds is 7. The van der Waals surface area contributed by atoms with Gasteiger partial charge in [0.1, 0.15) is 10.6 Å². The average molecular weight is 343 g/mol. The molecule has 0 spiro atoms. The van der Waals surface area contributed by atoms with Crippen molar-refractivity contribution in [3.8, 4) is 5.75 Å². The molecular formula is C15H21NO6S. The van der Waals surface area contributed by atoms with Crippen LogP contribution < -0.4 is 4.74 Å². The highest BCUT2D eigenvalue weighted by Crippen LogP contribution is 2.35. The van der Waals surface area contributed by atoms with Crippen LogP contribution in [0, 0.1) is 6.92 Å². The van der Waals surface area contributed by atoms with Gasteiger partial charge in [-0.25, -0.2) is 13.2 Å². The quantitative estimate of drug-likeness (QED) is 0.801. The zero-order valence-corrected chi connectivity index (χ0v) is 14.2. The summed E-state index contributed by atoms with van der Waals surface area (Å²) in [6.45, 7) is 5.35.